The highest BCUT2D eigenvalue weighted by atomic mass is 16.7. The number of aryl methyl sites for hydroxylation is 1. The number of epoxide rings is 1. The van der Waals surface area contributed by atoms with Gasteiger partial charge in [-0.05, 0) is 50.1 Å². The molecular weight excluding hydrogens is 478 g/mol. The Kier molecular flexibility index (Phi) is 7.84. The first-order valence-electron chi connectivity index (χ1n) is 12.1. The number of anilines is 1. The van der Waals surface area contributed by atoms with Crippen LogP contribution in [0, 0.1) is 0 Å². The highest BCUT2D eigenvalue weighted by molar-refractivity contribution is 6.32. The molecule has 0 spiro atoms. The third kappa shape index (κ3) is 4.69. The topological polar surface area (TPSA) is 150 Å². The van der Waals surface area contributed by atoms with Gasteiger partial charge in [0.1, 0.15) is 12.4 Å². The maximum atomic E-state index is 13.6. The number of nitrogens with one attached hydrogen (secondary N) is 2. The maximum absolute atomic E-state index is 13.6. The van der Waals surface area contributed by atoms with Crippen molar-refractivity contribution >= 4 is 23.4 Å². The Labute approximate surface area is 214 Å². The Morgan fingerprint density at radius 1 is 1.14 bits per heavy atom. The van der Waals surface area contributed by atoms with E-state index in [0.717, 1.165) is 17.0 Å². The molecule has 1 aromatic heterocycles. The van der Waals surface area contributed by atoms with Gasteiger partial charge in [-0.3, -0.25) is 9.59 Å². The van der Waals surface area contributed by atoms with Crippen molar-refractivity contribution in [3.8, 4) is 0 Å². The molecule has 0 bridgehead atoms. The molecule has 4 rings (SSSR count). The summed E-state index contributed by atoms with van der Waals surface area (Å²) in [5.41, 5.74) is -1.30. The van der Waals surface area contributed by atoms with Gasteiger partial charge in [-0.15, -0.1) is 0 Å². The molecule has 0 unspecified atom stereocenters. The summed E-state index contributed by atoms with van der Waals surface area (Å²) in [6, 6.07) is 10.1. The van der Waals surface area contributed by atoms with E-state index in [9.17, 15) is 19.5 Å². The van der Waals surface area contributed by atoms with Crippen LogP contribution in [0.2, 0.25) is 0 Å². The van der Waals surface area contributed by atoms with Crippen LogP contribution < -0.4 is 10.6 Å². The lowest BCUT2D eigenvalue weighted by Gasteiger charge is -2.25. The first-order valence-corrected chi connectivity index (χ1v) is 12.1. The van der Waals surface area contributed by atoms with Crippen LogP contribution in [0.1, 0.15) is 46.0 Å². The van der Waals surface area contributed by atoms with E-state index in [1.807, 2.05) is 26.1 Å². The number of benzene rings is 1. The van der Waals surface area contributed by atoms with Gasteiger partial charge in [0.05, 0.1) is 19.9 Å². The monoisotopic (exact) mass is 509 g/mol. The van der Waals surface area contributed by atoms with Crippen LogP contribution >= 0.6 is 0 Å². The molecule has 2 aliphatic rings. The summed E-state index contributed by atoms with van der Waals surface area (Å²) in [7, 11) is 1.83. The van der Waals surface area contributed by atoms with Crippen molar-refractivity contribution in [3.63, 3.8) is 0 Å². The fourth-order valence-electron chi connectivity index (χ4n) is 4.79. The van der Waals surface area contributed by atoms with Crippen LogP contribution in [0.4, 0.5) is 5.82 Å². The fourth-order valence-corrected chi connectivity index (χ4v) is 4.79. The number of fused-ring (bicyclic) bond motifs is 2. The third-order valence-electron chi connectivity index (χ3n) is 6.89. The average molecular weight is 510 g/mol. The highest BCUT2D eigenvalue weighted by Crippen LogP contribution is 2.59. The molecule has 2 heterocycles. The van der Waals surface area contributed by atoms with Gasteiger partial charge in [0.2, 0.25) is 5.78 Å². The van der Waals surface area contributed by atoms with Gasteiger partial charge in [0.25, 0.3) is 5.60 Å². The molecule has 1 aromatic carbocycles. The maximum Gasteiger partial charge on any atom is 0.350 e. The Hall–Kier alpha value is -3.44. The van der Waals surface area contributed by atoms with Gasteiger partial charge in [0.15, 0.2) is 11.4 Å². The van der Waals surface area contributed by atoms with Crippen LogP contribution in [0.25, 0.3) is 0 Å². The van der Waals surface area contributed by atoms with E-state index in [1.165, 1.54) is 12.1 Å². The number of aliphatic hydroxyl groups excluding tert-OH is 2. The molecule has 196 valence electrons. The van der Waals surface area contributed by atoms with Gasteiger partial charge < -0.3 is 30.3 Å². The van der Waals surface area contributed by atoms with Crippen molar-refractivity contribution in [1.82, 2.24) is 10.3 Å². The van der Waals surface area contributed by atoms with Crippen LogP contribution in [-0.2, 0) is 20.7 Å². The number of aliphatic hydroxyl groups is 2. The standard InChI is InChI=1S/C27H31N3O7/c1-17(7-8-18-9-10-29-22(13-18)30-16-28-2)19(15-32)14-26-23(33)20-5-3-4-6-21(20)24(34)27(26,37-26)25(35)36-12-11-31/h3-6,9-10,13,28,31-32H,7-8,11-12,14-16H2,1-2H3,(H,29,30)/b19-17-/t26-,27-/m0/s1. The van der Waals surface area contributed by atoms with E-state index >= 15 is 0 Å². The molecular formula is C27H31N3O7. The molecule has 0 amide bonds. The quantitative estimate of drug-likeness (QED) is 0.109. The van der Waals surface area contributed by atoms with Crippen LogP contribution in [0.3, 0.4) is 0 Å². The third-order valence-corrected chi connectivity index (χ3v) is 6.89. The molecule has 1 aliphatic heterocycles. The molecule has 1 saturated heterocycles. The molecule has 10 heteroatoms. The minimum absolute atomic E-state index is 0.0909. The summed E-state index contributed by atoms with van der Waals surface area (Å²) in [5, 5.41) is 25.5. The van der Waals surface area contributed by atoms with E-state index in [4.69, 9.17) is 14.6 Å². The number of aromatic nitrogens is 1. The van der Waals surface area contributed by atoms with E-state index < -0.39 is 35.3 Å². The van der Waals surface area contributed by atoms with Crippen molar-refractivity contribution < 1.29 is 34.1 Å². The van der Waals surface area contributed by atoms with E-state index in [0.29, 0.717) is 25.1 Å². The molecule has 0 saturated carbocycles. The molecule has 37 heavy (non-hydrogen) atoms. The number of rotatable bonds is 12. The second-order valence-electron chi connectivity index (χ2n) is 9.15. The van der Waals surface area contributed by atoms with Gasteiger partial charge in [-0.25, -0.2) is 9.78 Å². The largest absolute Gasteiger partial charge is 0.461 e. The summed E-state index contributed by atoms with van der Waals surface area (Å²) < 4.78 is 10.9. The number of esters is 1. The predicted octanol–water partition coefficient (Wildman–Crippen LogP) is 1.42. The summed E-state index contributed by atoms with van der Waals surface area (Å²) in [6.07, 6.45) is 2.81. The summed E-state index contributed by atoms with van der Waals surface area (Å²) >= 11 is 0. The highest BCUT2D eigenvalue weighted by Gasteiger charge is 2.85. The van der Waals surface area contributed by atoms with Crippen LogP contribution in [-0.4, -0.2) is 77.5 Å². The zero-order valence-corrected chi connectivity index (χ0v) is 20.9. The smallest absolute Gasteiger partial charge is 0.350 e. The predicted molar refractivity (Wildman–Crippen MR) is 134 cm³/mol. The Balaban J connectivity index is 1.61. The second-order valence-corrected chi connectivity index (χ2v) is 9.15. The molecule has 2 atom stereocenters. The summed E-state index contributed by atoms with van der Waals surface area (Å²) in [4.78, 5) is 44.4. The first-order chi connectivity index (χ1) is 17.8. The summed E-state index contributed by atoms with van der Waals surface area (Å²) in [6.45, 7) is 1.29. The Morgan fingerprint density at radius 2 is 1.86 bits per heavy atom. The lowest BCUT2D eigenvalue weighted by Crippen LogP contribution is -2.51. The molecule has 1 aliphatic carbocycles. The number of ether oxygens (including phenoxy) is 2. The lowest BCUT2D eigenvalue weighted by molar-refractivity contribution is -0.149. The van der Waals surface area contributed by atoms with Crippen molar-refractivity contribution in [1.29, 1.82) is 0 Å². The fraction of sp³-hybridized carbons (Fsp3) is 0.407. The second kappa shape index (κ2) is 10.9. The van der Waals surface area contributed by atoms with Gasteiger partial charge in [0, 0.05) is 23.7 Å². The SMILES string of the molecule is CNCNc1cc(CC/C(C)=C(\CO)C[C@@]23O[C@]2(C(=O)OCCO)C(=O)c2ccccc2C3=O)ccn1. The van der Waals surface area contributed by atoms with Crippen molar-refractivity contribution in [3.05, 3.63) is 70.4 Å². The average Bonchev–Trinajstić information content (AvgIpc) is 3.62. The number of hydrogen-bond donors (Lipinski definition) is 4. The number of hydrogen-bond acceptors (Lipinski definition) is 10. The van der Waals surface area contributed by atoms with Gasteiger partial charge in [-0.1, -0.05) is 29.8 Å². The lowest BCUT2D eigenvalue weighted by atomic mass is 9.71. The molecule has 10 nitrogen and oxygen atoms in total. The molecule has 1 fully saturated rings. The number of ketones is 2. The first kappa shape index (κ1) is 26.6. The van der Waals surface area contributed by atoms with Gasteiger partial charge >= 0.3 is 5.97 Å². The van der Waals surface area contributed by atoms with E-state index in [-0.39, 0.29) is 30.8 Å². The van der Waals surface area contributed by atoms with Crippen molar-refractivity contribution in [2.24, 2.45) is 0 Å². The Morgan fingerprint density at radius 3 is 2.54 bits per heavy atom. The normalized spacial score (nSPS) is 22.6. The number of carbonyl (C=O) groups excluding carboxylic acids is 3. The number of allylic oxidation sites excluding steroid dienone is 1. The number of pyridine rings is 1. The number of Topliss-reactive ketones (excluding diaryl/α,β-unsaturated/α-hetero) is 2. The van der Waals surface area contributed by atoms with Crippen molar-refractivity contribution in [2.45, 2.75) is 37.4 Å². The molecule has 4 N–H and O–H groups in total. The van der Waals surface area contributed by atoms with Crippen LogP contribution in [0.5, 0.6) is 0 Å². The molecule has 0 radical (unpaired) electrons. The van der Waals surface area contributed by atoms with Gasteiger partial charge in [-0.2, -0.15) is 0 Å². The molecule has 2 aromatic rings. The van der Waals surface area contributed by atoms with Crippen molar-refractivity contribution in [2.75, 3.05) is 38.9 Å². The number of carbonyl (C=O) groups is 3. The zero-order chi connectivity index (χ0) is 26.6. The number of nitrogens with zero attached hydrogens (tertiary/aromatic N) is 1. The zero-order valence-electron chi connectivity index (χ0n) is 20.9. The summed E-state index contributed by atoms with van der Waals surface area (Å²) in [5.74, 6) is -1.43. The van der Waals surface area contributed by atoms with E-state index in [1.54, 1.807) is 18.3 Å². The Bertz CT molecular complexity index is 1240. The van der Waals surface area contributed by atoms with Crippen LogP contribution in [0.15, 0.2) is 53.7 Å². The minimum Gasteiger partial charge on any atom is -0.461 e. The minimum atomic E-state index is -2.13. The van der Waals surface area contributed by atoms with E-state index in [2.05, 4.69) is 15.6 Å².